The van der Waals surface area contributed by atoms with Gasteiger partial charge in [0, 0.05) is 10.0 Å². The summed E-state index contributed by atoms with van der Waals surface area (Å²) in [5.41, 5.74) is 12.6. The molecule has 0 aliphatic carbocycles. The minimum atomic E-state index is 0.316. The first kappa shape index (κ1) is 14.8. The van der Waals surface area contributed by atoms with E-state index in [1.165, 1.54) is 0 Å². The number of hydrogen-bond acceptors (Lipinski definition) is 2. The Labute approximate surface area is 113 Å². The average Bonchev–Trinajstić information content (AvgIpc) is 2.29. The molecule has 0 fully saturated rings. The topological polar surface area (TPSA) is 52.0 Å². The zero-order valence-corrected chi connectivity index (χ0v) is 11.8. The third kappa shape index (κ3) is 3.59. The van der Waals surface area contributed by atoms with Crippen LogP contribution in [0.2, 0.25) is 10.0 Å². The minimum Gasteiger partial charge on any atom is -0.330 e. The molecule has 0 aliphatic rings. The van der Waals surface area contributed by atoms with Gasteiger partial charge in [0.2, 0.25) is 0 Å². The van der Waals surface area contributed by atoms with Gasteiger partial charge in [0.1, 0.15) is 0 Å². The molecule has 1 rings (SSSR count). The molecule has 0 saturated heterocycles. The molecule has 96 valence electrons. The Morgan fingerprint density at radius 1 is 1.12 bits per heavy atom. The van der Waals surface area contributed by atoms with E-state index in [-0.39, 0.29) is 0 Å². The van der Waals surface area contributed by atoms with Crippen molar-refractivity contribution in [1.29, 1.82) is 0 Å². The molecule has 0 spiro atoms. The molecule has 1 aromatic rings. The molecule has 4 heteroatoms. The highest BCUT2D eigenvalue weighted by molar-refractivity contribution is 6.35. The van der Waals surface area contributed by atoms with Crippen molar-refractivity contribution in [2.24, 2.45) is 23.3 Å². The van der Waals surface area contributed by atoms with Crippen molar-refractivity contribution in [3.63, 3.8) is 0 Å². The van der Waals surface area contributed by atoms with Gasteiger partial charge in [-0.15, -0.1) is 0 Å². The van der Waals surface area contributed by atoms with Crippen molar-refractivity contribution in [2.75, 3.05) is 13.1 Å². The van der Waals surface area contributed by atoms with E-state index < -0.39 is 0 Å². The van der Waals surface area contributed by atoms with Crippen LogP contribution in [0.5, 0.6) is 0 Å². The molecule has 0 aliphatic heterocycles. The van der Waals surface area contributed by atoms with Gasteiger partial charge in [-0.1, -0.05) is 43.1 Å². The van der Waals surface area contributed by atoms with Gasteiger partial charge in [-0.2, -0.15) is 0 Å². The first-order valence-electron chi connectivity index (χ1n) is 5.86. The summed E-state index contributed by atoms with van der Waals surface area (Å²) in [5.74, 6) is 1.03. The minimum absolute atomic E-state index is 0.316. The van der Waals surface area contributed by atoms with E-state index in [4.69, 9.17) is 34.7 Å². The van der Waals surface area contributed by atoms with Gasteiger partial charge in [0.25, 0.3) is 0 Å². The van der Waals surface area contributed by atoms with E-state index in [9.17, 15) is 0 Å². The average molecular weight is 275 g/mol. The fourth-order valence-corrected chi connectivity index (χ4v) is 2.67. The van der Waals surface area contributed by atoms with E-state index >= 15 is 0 Å². The van der Waals surface area contributed by atoms with Crippen molar-refractivity contribution >= 4 is 23.2 Å². The Morgan fingerprint density at radius 3 is 2.18 bits per heavy atom. The summed E-state index contributed by atoms with van der Waals surface area (Å²) >= 11 is 12.1. The van der Waals surface area contributed by atoms with Crippen molar-refractivity contribution in [3.8, 4) is 0 Å². The number of halogens is 2. The largest absolute Gasteiger partial charge is 0.330 e. The van der Waals surface area contributed by atoms with Crippen molar-refractivity contribution in [3.05, 3.63) is 33.8 Å². The molecular weight excluding hydrogens is 255 g/mol. The van der Waals surface area contributed by atoms with Crippen LogP contribution in [0.3, 0.4) is 0 Å². The standard InChI is InChI=1S/C13H20Cl2N2/c1-8(10(6-16)7-17)9(2)12-4-3-11(14)5-13(12)15/h3-5,8-10H,6-7,16-17H2,1-2H3. The van der Waals surface area contributed by atoms with Gasteiger partial charge >= 0.3 is 0 Å². The second kappa shape index (κ2) is 6.60. The highest BCUT2D eigenvalue weighted by Crippen LogP contribution is 2.34. The molecular formula is C13H20Cl2N2. The van der Waals surface area contributed by atoms with E-state index in [2.05, 4.69) is 13.8 Å². The maximum absolute atomic E-state index is 6.21. The van der Waals surface area contributed by atoms with Crippen LogP contribution in [0.15, 0.2) is 18.2 Å². The van der Waals surface area contributed by atoms with Crippen molar-refractivity contribution in [1.82, 2.24) is 0 Å². The maximum Gasteiger partial charge on any atom is 0.0455 e. The molecule has 4 N–H and O–H groups in total. The third-order valence-corrected chi connectivity index (χ3v) is 4.15. The Bertz CT molecular complexity index is 364. The lowest BCUT2D eigenvalue weighted by Crippen LogP contribution is -2.31. The Morgan fingerprint density at radius 2 is 1.71 bits per heavy atom. The van der Waals surface area contributed by atoms with Crippen LogP contribution in [0, 0.1) is 11.8 Å². The first-order chi connectivity index (χ1) is 8.01. The summed E-state index contributed by atoms with van der Waals surface area (Å²) in [7, 11) is 0. The van der Waals surface area contributed by atoms with Crippen LogP contribution in [0.4, 0.5) is 0 Å². The summed E-state index contributed by atoms with van der Waals surface area (Å²) in [4.78, 5) is 0. The zero-order chi connectivity index (χ0) is 13.0. The summed E-state index contributed by atoms with van der Waals surface area (Å²) in [6.07, 6.45) is 0. The zero-order valence-electron chi connectivity index (χ0n) is 10.3. The lowest BCUT2D eigenvalue weighted by atomic mass is 9.80. The SMILES string of the molecule is CC(c1ccc(Cl)cc1Cl)C(C)C(CN)CN. The summed E-state index contributed by atoms with van der Waals surface area (Å²) in [5, 5.41) is 1.37. The van der Waals surface area contributed by atoms with Crippen molar-refractivity contribution in [2.45, 2.75) is 19.8 Å². The van der Waals surface area contributed by atoms with E-state index in [1.54, 1.807) is 6.07 Å². The second-order valence-electron chi connectivity index (χ2n) is 4.55. The quantitative estimate of drug-likeness (QED) is 0.866. The number of hydrogen-bond donors (Lipinski definition) is 2. The maximum atomic E-state index is 6.21. The van der Waals surface area contributed by atoms with Crippen LogP contribution in [0.1, 0.15) is 25.3 Å². The molecule has 0 radical (unpaired) electrons. The fraction of sp³-hybridized carbons (Fsp3) is 0.538. The van der Waals surface area contributed by atoms with Gasteiger partial charge in [0.15, 0.2) is 0 Å². The molecule has 2 unspecified atom stereocenters. The normalized spacial score (nSPS) is 15.0. The highest BCUT2D eigenvalue weighted by atomic mass is 35.5. The van der Waals surface area contributed by atoms with E-state index in [1.807, 2.05) is 12.1 Å². The predicted octanol–water partition coefficient (Wildman–Crippen LogP) is 3.27. The van der Waals surface area contributed by atoms with Gasteiger partial charge in [-0.3, -0.25) is 0 Å². The first-order valence-corrected chi connectivity index (χ1v) is 6.61. The Kier molecular flexibility index (Phi) is 5.74. The summed E-state index contributed by atoms with van der Waals surface area (Å²) in [6, 6.07) is 5.63. The monoisotopic (exact) mass is 274 g/mol. The number of nitrogens with two attached hydrogens (primary N) is 2. The van der Waals surface area contributed by atoms with Gasteiger partial charge < -0.3 is 11.5 Å². The van der Waals surface area contributed by atoms with Crippen LogP contribution < -0.4 is 11.5 Å². The molecule has 2 atom stereocenters. The Hall–Kier alpha value is -0.280. The molecule has 1 aromatic carbocycles. The molecule has 0 bridgehead atoms. The molecule has 0 amide bonds. The van der Waals surface area contributed by atoms with E-state index in [0.717, 1.165) is 5.56 Å². The number of rotatable bonds is 5. The van der Waals surface area contributed by atoms with Crippen molar-refractivity contribution < 1.29 is 0 Å². The molecule has 17 heavy (non-hydrogen) atoms. The predicted molar refractivity (Wildman–Crippen MR) is 75.6 cm³/mol. The van der Waals surface area contributed by atoms with Crippen LogP contribution >= 0.6 is 23.2 Å². The smallest absolute Gasteiger partial charge is 0.0455 e. The fourth-order valence-electron chi connectivity index (χ4n) is 2.09. The molecule has 0 heterocycles. The van der Waals surface area contributed by atoms with Crippen LogP contribution in [-0.4, -0.2) is 13.1 Å². The van der Waals surface area contributed by atoms with Gasteiger partial charge in [-0.25, -0.2) is 0 Å². The van der Waals surface area contributed by atoms with Gasteiger partial charge in [0.05, 0.1) is 0 Å². The lowest BCUT2D eigenvalue weighted by Gasteiger charge is -2.28. The summed E-state index contributed by atoms with van der Waals surface area (Å²) in [6.45, 7) is 5.53. The highest BCUT2D eigenvalue weighted by Gasteiger charge is 2.23. The number of benzene rings is 1. The molecule has 2 nitrogen and oxygen atoms in total. The van der Waals surface area contributed by atoms with E-state index in [0.29, 0.717) is 40.9 Å². The van der Waals surface area contributed by atoms with Crippen LogP contribution in [0.25, 0.3) is 0 Å². The van der Waals surface area contributed by atoms with Crippen LogP contribution in [-0.2, 0) is 0 Å². The third-order valence-electron chi connectivity index (χ3n) is 3.59. The second-order valence-corrected chi connectivity index (χ2v) is 5.39. The molecule has 0 saturated carbocycles. The lowest BCUT2D eigenvalue weighted by molar-refractivity contribution is 0.328. The molecule has 0 aromatic heterocycles. The summed E-state index contributed by atoms with van der Waals surface area (Å²) < 4.78 is 0. The van der Waals surface area contributed by atoms with Gasteiger partial charge in [-0.05, 0) is 48.5 Å². The Balaban J connectivity index is 2.91.